The highest BCUT2D eigenvalue weighted by molar-refractivity contribution is 7.16. The van der Waals surface area contributed by atoms with E-state index in [9.17, 15) is 0 Å². The van der Waals surface area contributed by atoms with Crippen molar-refractivity contribution in [2.45, 2.75) is 25.9 Å². The number of piperazine rings is 1. The molecule has 2 atom stereocenters. The van der Waals surface area contributed by atoms with Crippen LogP contribution in [0.1, 0.15) is 18.7 Å². The number of nitrogens with one attached hydrogen (secondary N) is 1. The van der Waals surface area contributed by atoms with Crippen LogP contribution < -0.4 is 10.2 Å². The van der Waals surface area contributed by atoms with Gasteiger partial charge in [0.25, 0.3) is 0 Å². The van der Waals surface area contributed by atoms with E-state index in [1.807, 2.05) is 12.1 Å². The SMILES string of the molecule is C[C@@H]1CN(c2ccc(C#N)s2)C[C@H](C)N1. The quantitative estimate of drug-likeness (QED) is 0.786. The lowest BCUT2D eigenvalue weighted by molar-refractivity contribution is 0.408. The Balaban J connectivity index is 2.13. The molecule has 1 aliphatic heterocycles. The maximum atomic E-state index is 8.78. The van der Waals surface area contributed by atoms with Gasteiger partial charge in [0, 0.05) is 25.2 Å². The second-order valence-electron chi connectivity index (χ2n) is 4.12. The molecule has 1 aromatic rings. The highest BCUT2D eigenvalue weighted by atomic mass is 32.1. The molecule has 0 saturated carbocycles. The van der Waals surface area contributed by atoms with Crippen LogP contribution in [0.5, 0.6) is 0 Å². The third kappa shape index (κ3) is 2.31. The predicted molar refractivity (Wildman–Crippen MR) is 63.3 cm³/mol. The molecule has 1 fully saturated rings. The van der Waals surface area contributed by atoms with Crippen LogP contribution in [0, 0.1) is 11.3 Å². The van der Waals surface area contributed by atoms with Crippen LogP contribution in [0.3, 0.4) is 0 Å². The van der Waals surface area contributed by atoms with Gasteiger partial charge in [0.2, 0.25) is 0 Å². The number of hydrogen-bond acceptors (Lipinski definition) is 4. The molecular weight excluding hydrogens is 206 g/mol. The fourth-order valence-corrected chi connectivity index (χ4v) is 2.89. The zero-order valence-corrected chi connectivity index (χ0v) is 9.84. The standard InChI is InChI=1S/C11H15N3S/c1-8-6-14(7-9(2)13-8)11-4-3-10(5-12)15-11/h3-4,8-9,13H,6-7H2,1-2H3/t8-,9+. The predicted octanol–water partition coefficient (Wildman–Crippen LogP) is 1.81. The van der Waals surface area contributed by atoms with E-state index in [1.54, 1.807) is 11.3 Å². The second-order valence-corrected chi connectivity index (χ2v) is 5.19. The molecule has 0 aromatic carbocycles. The lowest BCUT2D eigenvalue weighted by atomic mass is 10.1. The minimum absolute atomic E-state index is 0.515. The Labute approximate surface area is 94.3 Å². The number of nitriles is 1. The van der Waals surface area contributed by atoms with E-state index in [0.717, 1.165) is 18.0 Å². The van der Waals surface area contributed by atoms with Crippen LogP contribution >= 0.6 is 11.3 Å². The van der Waals surface area contributed by atoms with Crippen molar-refractivity contribution in [3.05, 3.63) is 17.0 Å². The fourth-order valence-electron chi connectivity index (χ4n) is 2.06. The van der Waals surface area contributed by atoms with Crippen LogP contribution in [-0.2, 0) is 0 Å². The van der Waals surface area contributed by atoms with Gasteiger partial charge in [-0.1, -0.05) is 0 Å². The molecule has 0 amide bonds. The van der Waals surface area contributed by atoms with Crippen molar-refractivity contribution < 1.29 is 0 Å². The van der Waals surface area contributed by atoms with Crippen LogP contribution in [0.4, 0.5) is 5.00 Å². The summed E-state index contributed by atoms with van der Waals surface area (Å²) in [5.41, 5.74) is 0. The van der Waals surface area contributed by atoms with Gasteiger partial charge in [-0.2, -0.15) is 5.26 Å². The first-order valence-electron chi connectivity index (χ1n) is 5.20. The molecule has 4 heteroatoms. The fraction of sp³-hybridized carbons (Fsp3) is 0.545. The van der Waals surface area contributed by atoms with Crippen LogP contribution in [0.15, 0.2) is 12.1 Å². The molecule has 0 aliphatic carbocycles. The van der Waals surface area contributed by atoms with E-state index in [-0.39, 0.29) is 0 Å². The first kappa shape index (κ1) is 10.5. The Morgan fingerprint density at radius 3 is 2.60 bits per heavy atom. The average Bonchev–Trinajstić information content (AvgIpc) is 2.64. The Morgan fingerprint density at radius 2 is 2.07 bits per heavy atom. The Morgan fingerprint density at radius 1 is 1.40 bits per heavy atom. The number of thiophene rings is 1. The van der Waals surface area contributed by atoms with Gasteiger partial charge >= 0.3 is 0 Å². The van der Waals surface area contributed by atoms with Gasteiger partial charge in [0.05, 0.1) is 5.00 Å². The zero-order valence-electron chi connectivity index (χ0n) is 9.03. The van der Waals surface area contributed by atoms with Crippen molar-refractivity contribution in [1.29, 1.82) is 5.26 Å². The number of anilines is 1. The number of nitrogens with zero attached hydrogens (tertiary/aromatic N) is 2. The van der Waals surface area contributed by atoms with Crippen molar-refractivity contribution in [3.8, 4) is 6.07 Å². The van der Waals surface area contributed by atoms with Gasteiger partial charge in [0.1, 0.15) is 10.9 Å². The minimum Gasteiger partial charge on any atom is -0.360 e. The zero-order chi connectivity index (χ0) is 10.8. The molecule has 0 spiro atoms. The number of rotatable bonds is 1. The molecule has 1 N–H and O–H groups in total. The normalized spacial score (nSPS) is 26.3. The summed E-state index contributed by atoms with van der Waals surface area (Å²) in [6, 6.07) is 7.17. The van der Waals surface area contributed by atoms with Crippen LogP contribution in [0.25, 0.3) is 0 Å². The second kappa shape index (κ2) is 4.21. The molecule has 15 heavy (non-hydrogen) atoms. The lowest BCUT2D eigenvalue weighted by Crippen LogP contribution is -2.54. The van der Waals surface area contributed by atoms with Crippen molar-refractivity contribution >= 4 is 16.3 Å². The van der Waals surface area contributed by atoms with Gasteiger partial charge in [-0.3, -0.25) is 0 Å². The molecule has 0 unspecified atom stereocenters. The van der Waals surface area contributed by atoms with E-state index in [0.29, 0.717) is 12.1 Å². The Kier molecular flexibility index (Phi) is 2.94. The maximum absolute atomic E-state index is 8.78. The summed E-state index contributed by atoms with van der Waals surface area (Å²) in [6.07, 6.45) is 0. The van der Waals surface area contributed by atoms with Crippen LogP contribution in [-0.4, -0.2) is 25.2 Å². The van der Waals surface area contributed by atoms with Gasteiger partial charge in [-0.25, -0.2) is 0 Å². The molecule has 2 rings (SSSR count). The van der Waals surface area contributed by atoms with E-state index in [1.165, 1.54) is 5.00 Å². The summed E-state index contributed by atoms with van der Waals surface area (Å²) >= 11 is 1.58. The molecule has 1 aromatic heterocycles. The first-order chi connectivity index (χ1) is 7.19. The van der Waals surface area contributed by atoms with Crippen molar-refractivity contribution in [1.82, 2.24) is 5.32 Å². The highest BCUT2D eigenvalue weighted by Gasteiger charge is 2.21. The molecule has 0 bridgehead atoms. The molecule has 1 aliphatic rings. The number of hydrogen-bond donors (Lipinski definition) is 1. The van der Waals surface area contributed by atoms with Crippen molar-refractivity contribution in [2.24, 2.45) is 0 Å². The van der Waals surface area contributed by atoms with Gasteiger partial charge < -0.3 is 10.2 Å². The first-order valence-corrected chi connectivity index (χ1v) is 6.01. The summed E-state index contributed by atoms with van der Waals surface area (Å²) in [5.74, 6) is 0. The van der Waals surface area contributed by atoms with Crippen molar-refractivity contribution in [3.63, 3.8) is 0 Å². The smallest absolute Gasteiger partial charge is 0.110 e. The Hall–Kier alpha value is -1.05. The third-order valence-corrected chi connectivity index (χ3v) is 3.62. The van der Waals surface area contributed by atoms with E-state index < -0.39 is 0 Å². The van der Waals surface area contributed by atoms with E-state index >= 15 is 0 Å². The monoisotopic (exact) mass is 221 g/mol. The maximum Gasteiger partial charge on any atom is 0.110 e. The average molecular weight is 221 g/mol. The Bertz CT molecular complexity index is 369. The summed E-state index contributed by atoms with van der Waals surface area (Å²) in [4.78, 5) is 3.15. The summed E-state index contributed by atoms with van der Waals surface area (Å²) in [7, 11) is 0. The van der Waals surface area contributed by atoms with E-state index in [4.69, 9.17) is 5.26 Å². The van der Waals surface area contributed by atoms with E-state index in [2.05, 4.69) is 30.1 Å². The van der Waals surface area contributed by atoms with Crippen molar-refractivity contribution in [2.75, 3.05) is 18.0 Å². The summed E-state index contributed by atoms with van der Waals surface area (Å²) in [5, 5.41) is 13.5. The lowest BCUT2D eigenvalue weighted by Gasteiger charge is -2.36. The minimum atomic E-state index is 0.515. The molecule has 3 nitrogen and oxygen atoms in total. The molecule has 0 radical (unpaired) electrons. The molecular formula is C11H15N3S. The topological polar surface area (TPSA) is 39.1 Å². The largest absolute Gasteiger partial charge is 0.360 e. The molecule has 2 heterocycles. The summed E-state index contributed by atoms with van der Waals surface area (Å²) in [6.45, 7) is 6.44. The summed E-state index contributed by atoms with van der Waals surface area (Å²) < 4.78 is 0. The van der Waals surface area contributed by atoms with Gasteiger partial charge in [-0.05, 0) is 26.0 Å². The highest BCUT2D eigenvalue weighted by Crippen LogP contribution is 2.26. The molecule has 80 valence electrons. The van der Waals surface area contributed by atoms with Gasteiger partial charge in [0.15, 0.2) is 0 Å². The van der Waals surface area contributed by atoms with Gasteiger partial charge in [-0.15, -0.1) is 11.3 Å². The third-order valence-electron chi connectivity index (χ3n) is 2.57. The molecule has 1 saturated heterocycles. The van der Waals surface area contributed by atoms with Crippen LogP contribution in [0.2, 0.25) is 0 Å².